The van der Waals surface area contributed by atoms with Gasteiger partial charge in [0.05, 0.1) is 17.6 Å². The number of sulfone groups is 1. The van der Waals surface area contributed by atoms with Crippen molar-refractivity contribution in [2.75, 3.05) is 24.7 Å². The summed E-state index contributed by atoms with van der Waals surface area (Å²) in [6, 6.07) is 8.82. The predicted molar refractivity (Wildman–Crippen MR) is 83.5 cm³/mol. The first-order chi connectivity index (χ1) is 10.6. The number of hydrogen-bond donors (Lipinski definition) is 0. The normalized spacial score (nSPS) is 26.9. The van der Waals surface area contributed by atoms with E-state index in [1.807, 2.05) is 18.2 Å². The van der Waals surface area contributed by atoms with Gasteiger partial charge in [-0.1, -0.05) is 18.2 Å². The molecule has 3 rings (SSSR count). The molecular weight excluding hydrogens is 302 g/mol. The Hall–Kier alpha value is -1.40. The van der Waals surface area contributed by atoms with Gasteiger partial charge in [-0.3, -0.25) is 4.79 Å². The summed E-state index contributed by atoms with van der Waals surface area (Å²) in [4.78, 5) is 14.5. The minimum absolute atomic E-state index is 0.0240. The largest absolute Gasteiger partial charge is 0.376 e. The summed E-state index contributed by atoms with van der Waals surface area (Å²) in [6.45, 7) is 1.20. The molecule has 1 amide bonds. The van der Waals surface area contributed by atoms with E-state index in [-0.39, 0.29) is 29.6 Å². The molecule has 2 fully saturated rings. The van der Waals surface area contributed by atoms with Crippen LogP contribution in [0.4, 0.5) is 0 Å². The highest BCUT2D eigenvalue weighted by Gasteiger charge is 2.36. The van der Waals surface area contributed by atoms with Gasteiger partial charge in [0.15, 0.2) is 9.84 Å². The maximum Gasteiger partial charge on any atom is 0.254 e. The lowest BCUT2D eigenvalue weighted by atomic mass is 10.1. The molecule has 22 heavy (non-hydrogen) atoms. The molecule has 0 bridgehead atoms. The van der Waals surface area contributed by atoms with E-state index in [1.54, 1.807) is 17.0 Å². The molecule has 5 nitrogen and oxygen atoms in total. The van der Waals surface area contributed by atoms with Crippen LogP contribution in [0.5, 0.6) is 0 Å². The summed E-state index contributed by atoms with van der Waals surface area (Å²) >= 11 is 0. The second kappa shape index (κ2) is 6.38. The van der Waals surface area contributed by atoms with Crippen LogP contribution < -0.4 is 0 Å². The van der Waals surface area contributed by atoms with Gasteiger partial charge in [0, 0.05) is 24.8 Å². The van der Waals surface area contributed by atoms with Gasteiger partial charge in [0.2, 0.25) is 0 Å². The number of benzene rings is 1. The molecule has 2 saturated heterocycles. The molecule has 120 valence electrons. The first-order valence-corrected chi connectivity index (χ1v) is 9.55. The molecule has 0 N–H and O–H groups in total. The molecule has 1 aromatic rings. The molecular formula is C16H21NO4S. The third-order valence-electron chi connectivity index (χ3n) is 4.36. The number of amides is 1. The Labute approximate surface area is 131 Å². The van der Waals surface area contributed by atoms with Crippen LogP contribution in [0, 0.1) is 0 Å². The quantitative estimate of drug-likeness (QED) is 0.842. The lowest BCUT2D eigenvalue weighted by Crippen LogP contribution is -2.45. The maximum absolute atomic E-state index is 12.8. The summed E-state index contributed by atoms with van der Waals surface area (Å²) in [5.74, 6) is 0.137. The van der Waals surface area contributed by atoms with Gasteiger partial charge in [0.1, 0.15) is 0 Å². The van der Waals surface area contributed by atoms with Crippen LogP contribution in [0.15, 0.2) is 30.3 Å². The highest BCUT2D eigenvalue weighted by atomic mass is 32.2. The Morgan fingerprint density at radius 3 is 2.59 bits per heavy atom. The minimum Gasteiger partial charge on any atom is -0.376 e. The van der Waals surface area contributed by atoms with Crippen LogP contribution in [0.2, 0.25) is 0 Å². The molecule has 0 spiro atoms. The number of carbonyl (C=O) groups excluding carboxylic acids is 1. The third kappa shape index (κ3) is 3.50. The molecule has 0 aromatic heterocycles. The fourth-order valence-corrected chi connectivity index (χ4v) is 4.90. The molecule has 0 aliphatic carbocycles. The smallest absolute Gasteiger partial charge is 0.254 e. The number of nitrogens with zero attached hydrogens (tertiary/aromatic N) is 1. The zero-order valence-corrected chi connectivity index (χ0v) is 13.3. The monoisotopic (exact) mass is 323 g/mol. The number of hydrogen-bond acceptors (Lipinski definition) is 4. The molecule has 2 atom stereocenters. The topological polar surface area (TPSA) is 63.7 Å². The van der Waals surface area contributed by atoms with E-state index in [0.29, 0.717) is 18.5 Å². The highest BCUT2D eigenvalue weighted by molar-refractivity contribution is 7.91. The summed E-state index contributed by atoms with van der Waals surface area (Å²) in [7, 11) is -3.02. The van der Waals surface area contributed by atoms with Crippen molar-refractivity contribution in [1.82, 2.24) is 4.90 Å². The van der Waals surface area contributed by atoms with Gasteiger partial charge in [-0.2, -0.15) is 0 Å². The lowest BCUT2D eigenvalue weighted by molar-refractivity contribution is 0.0441. The van der Waals surface area contributed by atoms with Crippen LogP contribution in [-0.2, 0) is 14.6 Å². The minimum atomic E-state index is -3.02. The van der Waals surface area contributed by atoms with E-state index in [9.17, 15) is 13.2 Å². The molecule has 2 aliphatic rings. The van der Waals surface area contributed by atoms with Crippen LogP contribution in [0.3, 0.4) is 0 Å². The van der Waals surface area contributed by atoms with E-state index in [2.05, 4.69) is 0 Å². The fourth-order valence-electron chi connectivity index (χ4n) is 3.17. The first kappa shape index (κ1) is 15.5. The Balaban J connectivity index is 1.80. The summed E-state index contributed by atoms with van der Waals surface area (Å²) in [6.07, 6.45) is 2.48. The molecule has 6 heteroatoms. The molecule has 0 saturated carbocycles. The van der Waals surface area contributed by atoms with Crippen molar-refractivity contribution in [1.29, 1.82) is 0 Å². The van der Waals surface area contributed by atoms with Gasteiger partial charge in [-0.05, 0) is 31.4 Å². The third-order valence-corrected chi connectivity index (χ3v) is 6.11. The van der Waals surface area contributed by atoms with Crippen molar-refractivity contribution in [2.24, 2.45) is 0 Å². The predicted octanol–water partition coefficient (Wildman–Crippen LogP) is 1.49. The Morgan fingerprint density at radius 2 is 2.00 bits per heavy atom. The van der Waals surface area contributed by atoms with Crippen molar-refractivity contribution in [3.63, 3.8) is 0 Å². The zero-order valence-electron chi connectivity index (χ0n) is 12.5. The van der Waals surface area contributed by atoms with E-state index in [0.717, 1.165) is 19.4 Å². The van der Waals surface area contributed by atoms with Crippen LogP contribution in [-0.4, -0.2) is 56.0 Å². The van der Waals surface area contributed by atoms with Gasteiger partial charge < -0.3 is 9.64 Å². The molecule has 2 aliphatic heterocycles. The average molecular weight is 323 g/mol. The molecule has 1 aromatic carbocycles. The second-order valence-corrected chi connectivity index (χ2v) is 8.24. The summed E-state index contributed by atoms with van der Waals surface area (Å²) < 4.78 is 29.2. The van der Waals surface area contributed by atoms with E-state index < -0.39 is 9.84 Å². The Bertz CT molecular complexity index is 623. The fraction of sp³-hybridized carbons (Fsp3) is 0.562. The zero-order chi connectivity index (χ0) is 15.6. The maximum atomic E-state index is 12.8. The van der Waals surface area contributed by atoms with Crippen LogP contribution in [0.25, 0.3) is 0 Å². The van der Waals surface area contributed by atoms with E-state index >= 15 is 0 Å². The van der Waals surface area contributed by atoms with Crippen molar-refractivity contribution in [2.45, 2.75) is 31.4 Å². The Morgan fingerprint density at radius 1 is 1.23 bits per heavy atom. The van der Waals surface area contributed by atoms with Crippen molar-refractivity contribution < 1.29 is 17.9 Å². The first-order valence-electron chi connectivity index (χ1n) is 7.73. The van der Waals surface area contributed by atoms with E-state index in [4.69, 9.17) is 4.74 Å². The standard InChI is InChI=1S/C16H21NO4S/c18-16(13-5-2-1-3-6-13)17(11-15-7-4-9-21-15)14-8-10-22(19,20)12-14/h1-3,5-6,14-15H,4,7-12H2/t14-,15+/m1/s1. The van der Waals surface area contributed by atoms with Crippen molar-refractivity contribution in [3.05, 3.63) is 35.9 Å². The second-order valence-electron chi connectivity index (χ2n) is 6.02. The number of ether oxygens (including phenoxy) is 1. The van der Waals surface area contributed by atoms with Crippen LogP contribution in [0.1, 0.15) is 29.6 Å². The van der Waals surface area contributed by atoms with Crippen LogP contribution >= 0.6 is 0 Å². The number of rotatable bonds is 4. The SMILES string of the molecule is O=C(c1ccccc1)N(C[C@@H]1CCCO1)[C@@H]1CCS(=O)(=O)C1. The van der Waals surface area contributed by atoms with Crippen molar-refractivity contribution >= 4 is 15.7 Å². The van der Waals surface area contributed by atoms with Gasteiger partial charge in [-0.25, -0.2) is 8.42 Å². The molecule has 0 radical (unpaired) electrons. The Kier molecular flexibility index (Phi) is 4.49. The van der Waals surface area contributed by atoms with Gasteiger partial charge in [0.25, 0.3) is 5.91 Å². The lowest BCUT2D eigenvalue weighted by Gasteiger charge is -2.30. The van der Waals surface area contributed by atoms with Gasteiger partial charge in [-0.15, -0.1) is 0 Å². The molecule has 2 heterocycles. The average Bonchev–Trinajstić information content (AvgIpc) is 3.14. The number of carbonyl (C=O) groups is 1. The van der Waals surface area contributed by atoms with Gasteiger partial charge >= 0.3 is 0 Å². The molecule has 0 unspecified atom stereocenters. The highest BCUT2D eigenvalue weighted by Crippen LogP contribution is 2.23. The summed E-state index contributed by atoms with van der Waals surface area (Å²) in [5.41, 5.74) is 0.602. The van der Waals surface area contributed by atoms with E-state index in [1.165, 1.54) is 0 Å². The summed E-state index contributed by atoms with van der Waals surface area (Å²) in [5, 5.41) is 0. The van der Waals surface area contributed by atoms with Crippen molar-refractivity contribution in [3.8, 4) is 0 Å².